The fourth-order valence-corrected chi connectivity index (χ4v) is 7.01. The first-order valence-corrected chi connectivity index (χ1v) is 12.7. The normalized spacial score (nSPS) is 13.1. The third kappa shape index (κ3) is 2.38. The van der Waals surface area contributed by atoms with Crippen LogP contribution in [0.4, 0.5) is 13.2 Å². The number of rotatable bonds is 0. The molecule has 0 saturated carbocycles. The molecule has 0 unspecified atom stereocenters. The van der Waals surface area contributed by atoms with Crippen LogP contribution in [0.5, 0.6) is 0 Å². The molecule has 0 aliphatic heterocycles. The zero-order chi connectivity index (χ0) is 25.3. The maximum Gasteiger partial charge on any atom is 0.417 e. The molecule has 0 bridgehead atoms. The Balaban J connectivity index is 1.49. The van der Waals surface area contributed by atoms with Gasteiger partial charge in [0.2, 0.25) is 0 Å². The molecule has 178 valence electrons. The first-order valence-electron chi connectivity index (χ1n) is 12.7. The van der Waals surface area contributed by atoms with Crippen LogP contribution in [0.25, 0.3) is 86.2 Å². The summed E-state index contributed by atoms with van der Waals surface area (Å²) in [4.78, 5) is 0. The molecule has 0 N–H and O–H groups in total. The minimum absolute atomic E-state index is 0.265. The predicted octanol–water partition coefficient (Wildman–Crippen LogP) is 10.8. The van der Waals surface area contributed by atoms with Gasteiger partial charge in [-0.05, 0) is 110 Å². The molecule has 0 atom stereocenters. The van der Waals surface area contributed by atoms with Gasteiger partial charge in [0.25, 0.3) is 0 Å². The van der Waals surface area contributed by atoms with Gasteiger partial charge in [0, 0.05) is 0 Å². The smallest absolute Gasteiger partial charge is 0.166 e. The molecular formula is C35H17F3. The van der Waals surface area contributed by atoms with Gasteiger partial charge in [-0.2, -0.15) is 13.2 Å². The van der Waals surface area contributed by atoms with Crippen molar-refractivity contribution in [3.63, 3.8) is 0 Å². The van der Waals surface area contributed by atoms with Crippen molar-refractivity contribution < 1.29 is 13.2 Å². The number of hydrogen-bond donors (Lipinski definition) is 0. The van der Waals surface area contributed by atoms with Crippen LogP contribution in [-0.4, -0.2) is 0 Å². The van der Waals surface area contributed by atoms with Crippen molar-refractivity contribution in [3.05, 3.63) is 109 Å². The van der Waals surface area contributed by atoms with E-state index >= 15 is 0 Å². The summed E-state index contributed by atoms with van der Waals surface area (Å²) in [6.07, 6.45) is -4.40. The average Bonchev–Trinajstić information content (AvgIpc) is 3.42. The van der Waals surface area contributed by atoms with E-state index in [0.29, 0.717) is 5.39 Å². The first kappa shape index (κ1) is 20.4. The molecule has 0 radical (unpaired) electrons. The number of hydrogen-bond acceptors (Lipinski definition) is 0. The van der Waals surface area contributed by atoms with Gasteiger partial charge in [-0.1, -0.05) is 78.9 Å². The van der Waals surface area contributed by atoms with Crippen molar-refractivity contribution in [3.8, 4) is 0 Å². The summed E-state index contributed by atoms with van der Waals surface area (Å²) in [5.74, 6) is 0. The average molecular weight is 495 g/mol. The number of halogens is 3. The lowest BCUT2D eigenvalue weighted by molar-refractivity contribution is -0.136. The third-order valence-corrected chi connectivity index (χ3v) is 8.55. The molecule has 0 amide bonds. The zero-order valence-electron chi connectivity index (χ0n) is 19.9. The van der Waals surface area contributed by atoms with Crippen molar-refractivity contribution in [1.82, 2.24) is 0 Å². The van der Waals surface area contributed by atoms with Gasteiger partial charge < -0.3 is 0 Å². The van der Waals surface area contributed by atoms with Gasteiger partial charge in [0.05, 0.1) is 5.56 Å². The van der Waals surface area contributed by atoms with Crippen molar-refractivity contribution in [2.75, 3.05) is 0 Å². The molecule has 0 heterocycles. The molecule has 9 rings (SSSR count). The number of alkyl halides is 3. The van der Waals surface area contributed by atoms with E-state index in [2.05, 4.69) is 72.8 Å². The van der Waals surface area contributed by atoms with E-state index in [-0.39, 0.29) is 5.39 Å². The Morgan fingerprint density at radius 1 is 0.342 bits per heavy atom. The Hall–Kier alpha value is -4.63. The number of fused-ring (bicyclic) bond motifs is 10. The minimum Gasteiger partial charge on any atom is -0.166 e. The zero-order valence-corrected chi connectivity index (χ0v) is 19.9. The van der Waals surface area contributed by atoms with Gasteiger partial charge in [0.1, 0.15) is 0 Å². The molecule has 9 aromatic rings. The third-order valence-electron chi connectivity index (χ3n) is 8.55. The predicted molar refractivity (Wildman–Crippen MR) is 154 cm³/mol. The van der Waals surface area contributed by atoms with Crippen LogP contribution < -0.4 is 0 Å². The van der Waals surface area contributed by atoms with E-state index < -0.39 is 11.7 Å². The summed E-state index contributed by atoms with van der Waals surface area (Å²) in [5, 5.41) is 16.8. The standard InChI is InChI=1S/C35H17F3/c36-35(37,38)32-14-13-25-30-16-27-18(15-28(30)24-9-4-10-26(32)33(24)25)11-12-21-23-8-3-7-22-19-5-1-2-6-20(19)31(34(22)23)17-29(21)27/h1-17H. The summed E-state index contributed by atoms with van der Waals surface area (Å²) in [5.41, 5.74) is -0.579. The fourth-order valence-electron chi connectivity index (χ4n) is 7.01. The van der Waals surface area contributed by atoms with Crippen molar-refractivity contribution >= 4 is 86.2 Å². The van der Waals surface area contributed by atoms with Gasteiger partial charge >= 0.3 is 6.18 Å². The Morgan fingerprint density at radius 2 is 0.816 bits per heavy atom. The van der Waals surface area contributed by atoms with E-state index in [4.69, 9.17) is 0 Å². The largest absolute Gasteiger partial charge is 0.417 e. The molecule has 0 saturated heterocycles. The van der Waals surface area contributed by atoms with Gasteiger partial charge in [0.15, 0.2) is 0 Å². The van der Waals surface area contributed by atoms with Gasteiger partial charge in [-0.3, -0.25) is 0 Å². The van der Waals surface area contributed by atoms with Gasteiger partial charge in [-0.15, -0.1) is 0 Å². The lowest BCUT2D eigenvalue weighted by Crippen LogP contribution is -2.05. The van der Waals surface area contributed by atoms with Crippen LogP contribution in [0.15, 0.2) is 103 Å². The van der Waals surface area contributed by atoms with E-state index in [0.717, 1.165) is 32.3 Å². The highest BCUT2D eigenvalue weighted by Gasteiger charge is 2.33. The maximum absolute atomic E-state index is 13.8. The molecule has 0 aromatic heterocycles. The molecule has 9 aromatic carbocycles. The molecule has 38 heavy (non-hydrogen) atoms. The fraction of sp³-hybridized carbons (Fsp3) is 0.0286. The van der Waals surface area contributed by atoms with E-state index in [1.165, 1.54) is 49.2 Å². The second-order valence-electron chi connectivity index (χ2n) is 10.4. The second-order valence-corrected chi connectivity index (χ2v) is 10.4. The lowest BCUT2D eigenvalue weighted by Gasteiger charge is -2.10. The highest BCUT2D eigenvalue weighted by Crippen LogP contribution is 2.47. The highest BCUT2D eigenvalue weighted by atomic mass is 19.4. The molecule has 0 aliphatic carbocycles. The molecule has 0 aliphatic rings. The van der Waals surface area contributed by atoms with Crippen LogP contribution in [0.1, 0.15) is 5.56 Å². The Morgan fingerprint density at radius 3 is 1.55 bits per heavy atom. The molecule has 0 fully saturated rings. The molecular weight excluding hydrogens is 477 g/mol. The van der Waals surface area contributed by atoms with E-state index in [1.54, 1.807) is 18.2 Å². The lowest BCUT2D eigenvalue weighted by atomic mass is 9.94. The maximum atomic E-state index is 13.8. The van der Waals surface area contributed by atoms with E-state index in [1.807, 2.05) is 6.07 Å². The quantitative estimate of drug-likeness (QED) is 0.184. The minimum atomic E-state index is -4.40. The van der Waals surface area contributed by atoms with Crippen LogP contribution >= 0.6 is 0 Å². The van der Waals surface area contributed by atoms with Crippen LogP contribution in [0.3, 0.4) is 0 Å². The van der Waals surface area contributed by atoms with Crippen LogP contribution in [0, 0.1) is 0 Å². The van der Waals surface area contributed by atoms with Crippen molar-refractivity contribution in [2.45, 2.75) is 6.18 Å². The highest BCUT2D eigenvalue weighted by molar-refractivity contribution is 6.38. The second kappa shape index (κ2) is 6.62. The Bertz CT molecular complexity index is 2430. The molecule has 3 heteroatoms. The summed E-state index contributed by atoms with van der Waals surface area (Å²) in [6.45, 7) is 0. The molecule has 0 nitrogen and oxygen atoms in total. The summed E-state index contributed by atoms with van der Waals surface area (Å²) >= 11 is 0. The van der Waals surface area contributed by atoms with Crippen LogP contribution in [-0.2, 0) is 6.18 Å². The summed E-state index contributed by atoms with van der Waals surface area (Å²) < 4.78 is 41.5. The summed E-state index contributed by atoms with van der Waals surface area (Å²) in [6, 6.07) is 34.2. The first-order chi connectivity index (χ1) is 18.5. The van der Waals surface area contributed by atoms with E-state index in [9.17, 15) is 13.2 Å². The van der Waals surface area contributed by atoms with Gasteiger partial charge in [-0.25, -0.2) is 0 Å². The monoisotopic (exact) mass is 494 g/mol. The Labute approximate surface area is 214 Å². The van der Waals surface area contributed by atoms with Crippen molar-refractivity contribution in [2.24, 2.45) is 0 Å². The SMILES string of the molecule is FC(F)(F)c1ccc2c3cc4c(ccc5c4cc4c6ccccc6c6cccc5c64)cc3c3cccc1c32. The molecule has 0 spiro atoms. The number of benzene rings is 7. The van der Waals surface area contributed by atoms with Crippen LogP contribution in [0.2, 0.25) is 0 Å². The topological polar surface area (TPSA) is 0 Å². The Kier molecular flexibility index (Phi) is 3.56. The van der Waals surface area contributed by atoms with Crippen molar-refractivity contribution in [1.29, 1.82) is 0 Å². The summed E-state index contributed by atoms with van der Waals surface area (Å²) in [7, 11) is 0.